The van der Waals surface area contributed by atoms with Crippen molar-refractivity contribution in [3.05, 3.63) is 29.8 Å². The number of carboxylic acids is 1. The molecule has 0 saturated heterocycles. The predicted molar refractivity (Wildman–Crippen MR) is 177 cm³/mol. The Labute approximate surface area is 293 Å². The van der Waals surface area contributed by atoms with Crippen LogP contribution in [0, 0.1) is 0 Å². The van der Waals surface area contributed by atoms with Crippen molar-refractivity contribution in [3.63, 3.8) is 0 Å². The Hall–Kier alpha value is -2.81. The van der Waals surface area contributed by atoms with Crippen LogP contribution in [-0.2, 0) is 61.7 Å². The minimum absolute atomic E-state index is 0.296. The van der Waals surface area contributed by atoms with Crippen LogP contribution in [0.4, 0.5) is 0 Å². The number of rotatable bonds is 39. The first-order chi connectivity index (χ1) is 24.6. The summed E-state index contributed by atoms with van der Waals surface area (Å²) in [5.74, 6) is -0.833. The molecule has 1 amide bonds. The smallest absolute Gasteiger partial charge is 0.329 e. The van der Waals surface area contributed by atoms with Gasteiger partial charge < -0.3 is 67.3 Å². The number of carboxylic acid groups (broad SMARTS) is 1. The summed E-state index contributed by atoms with van der Waals surface area (Å²) >= 11 is 0. The summed E-state index contributed by atoms with van der Waals surface area (Å²) in [5.41, 5.74) is 0.610. The van der Waals surface area contributed by atoms with Crippen LogP contribution in [0.1, 0.15) is 10.4 Å². The molecule has 0 aliphatic heterocycles. The van der Waals surface area contributed by atoms with Crippen molar-refractivity contribution >= 4 is 18.2 Å². The minimum Gasteiger partial charge on any atom is -0.491 e. The van der Waals surface area contributed by atoms with Gasteiger partial charge in [-0.1, -0.05) is 0 Å². The lowest BCUT2D eigenvalue weighted by molar-refractivity contribution is -0.143. The van der Waals surface area contributed by atoms with E-state index in [2.05, 4.69) is 10.1 Å². The van der Waals surface area contributed by atoms with E-state index in [0.29, 0.717) is 157 Å². The molecule has 17 nitrogen and oxygen atoms in total. The lowest BCUT2D eigenvalue weighted by Crippen LogP contribution is -2.31. The van der Waals surface area contributed by atoms with Gasteiger partial charge >= 0.3 is 5.97 Å². The molecule has 0 aliphatic rings. The molecule has 0 aliphatic carbocycles. The molecule has 0 bridgehead atoms. The molecule has 1 aromatic carbocycles. The first-order valence-corrected chi connectivity index (χ1v) is 16.6. The van der Waals surface area contributed by atoms with E-state index in [-0.39, 0.29) is 6.61 Å². The number of aldehydes is 1. The third kappa shape index (κ3) is 32.4. The van der Waals surface area contributed by atoms with Crippen LogP contribution in [0.5, 0.6) is 5.75 Å². The van der Waals surface area contributed by atoms with Gasteiger partial charge in [-0.2, -0.15) is 0 Å². The molecule has 1 rings (SSSR count). The fourth-order valence-corrected chi connectivity index (χ4v) is 3.49. The lowest BCUT2D eigenvalue weighted by atomic mass is 10.2. The predicted octanol–water partition coefficient (Wildman–Crippen LogP) is 0.261. The SMILES string of the molecule is O=Cc1ccc(OCCOCCOCCOCCOCCOCCOCCOCCOCCOCCOCCNC(=O)COCC(=O)O)cc1. The fourth-order valence-electron chi connectivity index (χ4n) is 3.49. The number of hydrogen-bond acceptors (Lipinski definition) is 15. The van der Waals surface area contributed by atoms with E-state index >= 15 is 0 Å². The normalized spacial score (nSPS) is 11.1. The highest BCUT2D eigenvalue weighted by molar-refractivity contribution is 5.77. The molecule has 0 heterocycles. The number of amides is 1. The Bertz CT molecular complexity index is 924. The van der Waals surface area contributed by atoms with Crippen molar-refractivity contribution in [2.24, 2.45) is 0 Å². The van der Waals surface area contributed by atoms with Gasteiger partial charge in [0.25, 0.3) is 0 Å². The summed E-state index contributed by atoms with van der Waals surface area (Å²) in [6.45, 7) is 8.89. The molecule has 0 spiro atoms. The number of ether oxygens (including phenoxy) is 12. The summed E-state index contributed by atoms with van der Waals surface area (Å²) in [7, 11) is 0. The molecule has 288 valence electrons. The Kier molecular flexibility index (Phi) is 32.5. The number of benzene rings is 1. The quantitative estimate of drug-likeness (QED) is 0.0694. The van der Waals surface area contributed by atoms with Crippen molar-refractivity contribution in [1.29, 1.82) is 0 Å². The monoisotopic (exact) mass is 721 g/mol. The highest BCUT2D eigenvalue weighted by Gasteiger charge is 2.03. The van der Waals surface area contributed by atoms with E-state index in [1.54, 1.807) is 24.3 Å². The summed E-state index contributed by atoms with van der Waals surface area (Å²) in [6, 6.07) is 6.90. The summed E-state index contributed by atoms with van der Waals surface area (Å²) in [5, 5.41) is 11.0. The van der Waals surface area contributed by atoms with Crippen molar-refractivity contribution in [1.82, 2.24) is 5.32 Å². The molecule has 1 aromatic rings. The van der Waals surface area contributed by atoms with E-state index in [1.807, 2.05) is 0 Å². The Morgan fingerprint density at radius 1 is 0.480 bits per heavy atom. The number of nitrogens with one attached hydrogen (secondary N) is 1. The van der Waals surface area contributed by atoms with Gasteiger partial charge in [-0.15, -0.1) is 0 Å². The largest absolute Gasteiger partial charge is 0.491 e. The molecule has 0 aromatic heterocycles. The zero-order valence-corrected chi connectivity index (χ0v) is 28.9. The van der Waals surface area contributed by atoms with Crippen molar-refractivity contribution in [2.45, 2.75) is 0 Å². The van der Waals surface area contributed by atoms with Gasteiger partial charge in [0, 0.05) is 12.1 Å². The molecular formula is C33H55NO16. The zero-order valence-electron chi connectivity index (χ0n) is 28.9. The van der Waals surface area contributed by atoms with Gasteiger partial charge in [-0.05, 0) is 24.3 Å². The van der Waals surface area contributed by atoms with E-state index in [0.717, 1.165) is 6.29 Å². The second-order valence-corrected chi connectivity index (χ2v) is 9.90. The second-order valence-electron chi connectivity index (χ2n) is 9.90. The maximum Gasteiger partial charge on any atom is 0.329 e. The standard InChI is InChI=1S/C33H55NO16/c35-27-30-1-3-31(4-2-30)50-26-25-48-24-23-47-22-21-46-20-19-45-18-17-44-16-15-43-14-13-42-12-11-41-10-9-40-8-7-39-6-5-34-32(36)28-49-29-33(37)38/h1-4,27H,5-26,28-29H2,(H,34,36)(H,37,38). The molecular weight excluding hydrogens is 666 g/mol. The topological polar surface area (TPSA) is 194 Å². The van der Waals surface area contributed by atoms with Gasteiger partial charge in [0.15, 0.2) is 0 Å². The highest BCUT2D eigenvalue weighted by atomic mass is 16.6. The van der Waals surface area contributed by atoms with E-state index in [4.69, 9.17) is 57.2 Å². The zero-order chi connectivity index (χ0) is 36.0. The minimum atomic E-state index is -1.13. The third-order valence-electron chi connectivity index (χ3n) is 5.89. The molecule has 0 radical (unpaired) electrons. The van der Waals surface area contributed by atoms with Crippen LogP contribution in [0.3, 0.4) is 0 Å². The Morgan fingerprint density at radius 2 is 0.820 bits per heavy atom. The first kappa shape index (κ1) is 45.2. The average Bonchev–Trinajstić information content (AvgIpc) is 3.11. The molecule has 17 heteroatoms. The third-order valence-corrected chi connectivity index (χ3v) is 5.89. The first-order valence-electron chi connectivity index (χ1n) is 16.6. The Balaban J connectivity index is 1.65. The Morgan fingerprint density at radius 3 is 1.16 bits per heavy atom. The second kappa shape index (κ2) is 36.0. The van der Waals surface area contributed by atoms with Crippen LogP contribution < -0.4 is 10.1 Å². The highest BCUT2D eigenvalue weighted by Crippen LogP contribution is 2.10. The molecule has 0 unspecified atom stereocenters. The van der Waals surface area contributed by atoms with Gasteiger partial charge in [0.1, 0.15) is 31.9 Å². The van der Waals surface area contributed by atoms with Crippen LogP contribution >= 0.6 is 0 Å². The van der Waals surface area contributed by atoms with Crippen molar-refractivity contribution in [2.75, 3.05) is 159 Å². The van der Waals surface area contributed by atoms with Crippen LogP contribution in [0.15, 0.2) is 24.3 Å². The van der Waals surface area contributed by atoms with Gasteiger partial charge in [0.2, 0.25) is 5.91 Å². The fraction of sp³-hybridized carbons (Fsp3) is 0.727. The van der Waals surface area contributed by atoms with Crippen LogP contribution in [-0.4, -0.2) is 182 Å². The van der Waals surface area contributed by atoms with E-state index < -0.39 is 18.5 Å². The number of carbonyl (C=O) groups is 3. The molecule has 0 atom stereocenters. The maximum absolute atomic E-state index is 11.4. The van der Waals surface area contributed by atoms with Gasteiger partial charge in [-0.3, -0.25) is 9.59 Å². The van der Waals surface area contributed by atoms with Gasteiger partial charge in [0.05, 0.1) is 132 Å². The number of hydrogen-bond donors (Lipinski definition) is 2. The average molecular weight is 722 g/mol. The molecule has 2 N–H and O–H groups in total. The number of aliphatic carboxylic acids is 1. The molecule has 50 heavy (non-hydrogen) atoms. The molecule has 0 saturated carbocycles. The van der Waals surface area contributed by atoms with E-state index in [9.17, 15) is 14.4 Å². The van der Waals surface area contributed by atoms with E-state index in [1.165, 1.54) is 0 Å². The van der Waals surface area contributed by atoms with Crippen molar-refractivity contribution < 1.29 is 76.3 Å². The van der Waals surface area contributed by atoms with Crippen molar-refractivity contribution in [3.8, 4) is 5.75 Å². The molecule has 0 fully saturated rings. The van der Waals surface area contributed by atoms with Crippen LogP contribution in [0.2, 0.25) is 0 Å². The number of carbonyl (C=O) groups excluding carboxylic acids is 2. The lowest BCUT2D eigenvalue weighted by Gasteiger charge is -2.09. The summed E-state index contributed by atoms with van der Waals surface area (Å²) in [6.07, 6.45) is 0.791. The van der Waals surface area contributed by atoms with Crippen LogP contribution in [0.25, 0.3) is 0 Å². The maximum atomic E-state index is 11.4. The summed E-state index contributed by atoms with van der Waals surface area (Å²) < 4.78 is 64.6. The van der Waals surface area contributed by atoms with Gasteiger partial charge in [-0.25, -0.2) is 4.79 Å². The summed E-state index contributed by atoms with van der Waals surface area (Å²) in [4.78, 5) is 32.3.